The maximum Gasteiger partial charge on any atom is 0.382 e. The second-order valence-electron chi connectivity index (χ2n) is 12.6. The molecule has 1 fully saturated rings. The number of fused-ring (bicyclic) bond motifs is 1. The van der Waals surface area contributed by atoms with Crippen molar-refractivity contribution in [2.45, 2.75) is 45.3 Å². The average Bonchev–Trinajstić information content (AvgIpc) is 3.69. The van der Waals surface area contributed by atoms with Crippen LogP contribution >= 0.6 is 7.52 Å². The number of carbonyl (C=O) groups excluding carboxylic acids is 2. The Kier molecular flexibility index (Phi) is 9.39. The first-order valence-corrected chi connectivity index (χ1v) is 18.2. The van der Waals surface area contributed by atoms with E-state index in [0.29, 0.717) is 23.0 Å². The van der Waals surface area contributed by atoms with Gasteiger partial charge < -0.3 is 19.0 Å². The number of rotatable bonds is 13. The zero-order valence-corrected chi connectivity index (χ0v) is 28.6. The van der Waals surface area contributed by atoms with E-state index in [-0.39, 0.29) is 29.9 Å². The number of furan rings is 1. The van der Waals surface area contributed by atoms with Gasteiger partial charge in [-0.15, -0.1) is 0 Å². The number of amides is 1. The van der Waals surface area contributed by atoms with Gasteiger partial charge >= 0.3 is 13.5 Å². The molecule has 1 unspecified atom stereocenters. The highest BCUT2D eigenvalue weighted by Crippen LogP contribution is 2.44. The molecule has 2 N–H and O–H groups in total. The maximum absolute atomic E-state index is 14.9. The Hall–Kier alpha value is -5.44. The lowest BCUT2D eigenvalue weighted by molar-refractivity contribution is -0.149. The van der Waals surface area contributed by atoms with Gasteiger partial charge in [-0.2, -0.15) is 0 Å². The number of esters is 1. The van der Waals surface area contributed by atoms with Gasteiger partial charge in [-0.1, -0.05) is 72.8 Å². The average molecular weight is 689 g/mol. The normalized spacial score (nSPS) is 14.6. The highest BCUT2D eigenvalue weighted by Gasteiger charge is 2.38. The van der Waals surface area contributed by atoms with E-state index >= 15 is 0 Å². The van der Waals surface area contributed by atoms with Gasteiger partial charge in [0.25, 0.3) is 0 Å². The van der Waals surface area contributed by atoms with Gasteiger partial charge in [0.05, 0.1) is 18.0 Å². The summed E-state index contributed by atoms with van der Waals surface area (Å²) in [6.07, 6.45) is 3.49. The van der Waals surface area contributed by atoms with Crippen LogP contribution < -0.4 is 20.4 Å². The van der Waals surface area contributed by atoms with Gasteiger partial charge in [0.15, 0.2) is 5.82 Å². The molecule has 1 aliphatic rings. The Morgan fingerprint density at radius 1 is 0.900 bits per heavy atom. The maximum atomic E-state index is 14.9. The van der Waals surface area contributed by atoms with Crippen LogP contribution in [0.15, 0.2) is 126 Å². The van der Waals surface area contributed by atoms with Crippen LogP contribution in [0.1, 0.15) is 32.3 Å². The molecule has 3 aromatic carbocycles. The first kappa shape index (κ1) is 33.1. The largest absolute Gasteiger partial charge is 0.462 e. The van der Waals surface area contributed by atoms with Crippen LogP contribution in [0.4, 0.5) is 5.82 Å². The van der Waals surface area contributed by atoms with Crippen LogP contribution in [0, 0.1) is 5.92 Å². The van der Waals surface area contributed by atoms with Crippen LogP contribution in [0.2, 0.25) is 0 Å². The molecule has 1 aliphatic carbocycles. The number of aromatic nitrogens is 2. The predicted molar refractivity (Wildman–Crippen MR) is 192 cm³/mol. The van der Waals surface area contributed by atoms with Crippen LogP contribution in [-0.2, 0) is 25.3 Å². The van der Waals surface area contributed by atoms with Crippen molar-refractivity contribution in [2.75, 3.05) is 5.32 Å². The van der Waals surface area contributed by atoms with Gasteiger partial charge in [-0.05, 0) is 86.7 Å². The fraction of sp³-hybridized carbons (Fsp3) is 0.205. The second-order valence-corrected chi connectivity index (χ2v) is 14.5. The first-order valence-electron chi connectivity index (χ1n) is 16.6. The molecule has 0 saturated heterocycles. The second kappa shape index (κ2) is 14.2. The molecule has 7 rings (SSSR count). The number of ether oxygens (including phenoxy) is 1. The van der Waals surface area contributed by atoms with E-state index in [1.807, 2.05) is 89.5 Å². The highest BCUT2D eigenvalue weighted by molar-refractivity contribution is 7.65. The fourth-order valence-electron chi connectivity index (χ4n) is 5.67. The molecule has 10 nitrogen and oxygen atoms in total. The molecule has 0 bridgehead atoms. The van der Waals surface area contributed by atoms with E-state index in [4.69, 9.17) is 13.7 Å². The van der Waals surface area contributed by atoms with Gasteiger partial charge in [0.2, 0.25) is 11.4 Å². The number of anilines is 1. The molecule has 11 heteroatoms. The topological polar surface area (TPSA) is 124 Å². The van der Waals surface area contributed by atoms with Crippen LogP contribution in [-0.4, -0.2) is 33.4 Å². The van der Waals surface area contributed by atoms with Gasteiger partial charge in [0.1, 0.15) is 23.2 Å². The lowest BCUT2D eigenvalue weighted by atomic mass is 10.1. The third-order valence-corrected chi connectivity index (χ3v) is 10.2. The predicted octanol–water partition coefficient (Wildman–Crippen LogP) is 7.66. The molecule has 3 heterocycles. The third kappa shape index (κ3) is 7.57. The van der Waals surface area contributed by atoms with Crippen molar-refractivity contribution in [1.29, 1.82) is 0 Å². The van der Waals surface area contributed by atoms with Crippen molar-refractivity contribution in [1.82, 2.24) is 14.5 Å². The molecule has 1 saturated carbocycles. The van der Waals surface area contributed by atoms with Crippen LogP contribution in [0.5, 0.6) is 5.75 Å². The van der Waals surface area contributed by atoms with Crippen molar-refractivity contribution in [3.05, 3.63) is 127 Å². The Morgan fingerprint density at radius 2 is 1.62 bits per heavy atom. The summed E-state index contributed by atoms with van der Waals surface area (Å²) >= 11 is 0. The Labute approximate surface area is 290 Å². The molecule has 50 heavy (non-hydrogen) atoms. The number of benzene rings is 3. The standard InChI is InChI=1S/C39H37N4O6P/c1-26(2)47-39(45)32(23-27-11-5-3-6-12-27)42-50(46,49-31-15-7-4-8-16-31)37-22-21-34(48-37)30-14-9-13-29(24-30)33-17-10-18-36-40-35(25-43(33)36)41-38(44)28-19-20-28/h3-18,21-22,24-26,28,32H,19-20,23H2,1-2H3,(H,41,44)(H,42,46)/t32-,50?/m0/s1. The minimum absolute atomic E-state index is 0.00296. The van der Waals surface area contributed by atoms with E-state index in [2.05, 4.69) is 15.4 Å². The minimum Gasteiger partial charge on any atom is -0.462 e. The highest BCUT2D eigenvalue weighted by atomic mass is 31.2. The SMILES string of the molecule is CC(C)OC(=O)[C@H](Cc1ccccc1)NP(=O)(Oc1ccccc1)c1ccc(-c2cccc(-c3cccc4nc(NC(=O)C5CC5)cn34)c2)o1. The van der Waals surface area contributed by atoms with Crippen LogP contribution in [0.3, 0.4) is 0 Å². The third-order valence-electron chi connectivity index (χ3n) is 8.24. The summed E-state index contributed by atoms with van der Waals surface area (Å²) in [6.45, 7) is 3.53. The quantitative estimate of drug-likeness (QED) is 0.0937. The summed E-state index contributed by atoms with van der Waals surface area (Å²) < 4.78 is 34.9. The van der Waals surface area contributed by atoms with Crippen molar-refractivity contribution in [3.63, 3.8) is 0 Å². The monoisotopic (exact) mass is 688 g/mol. The smallest absolute Gasteiger partial charge is 0.382 e. The Balaban J connectivity index is 1.21. The molecule has 6 aromatic rings. The summed E-state index contributed by atoms with van der Waals surface area (Å²) in [6, 6.07) is 34.1. The molecule has 254 valence electrons. The minimum atomic E-state index is -4.06. The molecule has 3 aromatic heterocycles. The lowest BCUT2D eigenvalue weighted by Gasteiger charge is -2.25. The van der Waals surface area contributed by atoms with E-state index in [1.165, 1.54) is 0 Å². The molecule has 2 atom stereocenters. The summed E-state index contributed by atoms with van der Waals surface area (Å²) in [5, 5.41) is 5.95. The van der Waals surface area contributed by atoms with Crippen molar-refractivity contribution in [2.24, 2.45) is 5.92 Å². The van der Waals surface area contributed by atoms with Gasteiger partial charge in [0, 0.05) is 11.5 Å². The summed E-state index contributed by atoms with van der Waals surface area (Å²) in [7, 11) is -4.06. The zero-order chi connectivity index (χ0) is 34.7. The molecular weight excluding hydrogens is 651 g/mol. The van der Waals surface area contributed by atoms with E-state index in [9.17, 15) is 14.2 Å². The molecular formula is C39H37N4O6P. The molecule has 1 amide bonds. The first-order chi connectivity index (χ1) is 24.2. The molecule has 0 aliphatic heterocycles. The van der Waals surface area contributed by atoms with Gasteiger partial charge in [-0.3, -0.25) is 18.6 Å². The number of para-hydroxylation sites is 1. The van der Waals surface area contributed by atoms with E-state index < -0.39 is 19.5 Å². The molecule has 0 radical (unpaired) electrons. The number of nitrogens with one attached hydrogen (secondary N) is 2. The summed E-state index contributed by atoms with van der Waals surface area (Å²) in [5.74, 6) is 0.827. The van der Waals surface area contributed by atoms with E-state index in [0.717, 1.165) is 35.2 Å². The Morgan fingerprint density at radius 3 is 2.36 bits per heavy atom. The zero-order valence-electron chi connectivity index (χ0n) is 27.7. The number of pyridine rings is 1. The van der Waals surface area contributed by atoms with Gasteiger partial charge in [-0.25, -0.2) is 10.1 Å². The van der Waals surface area contributed by atoms with Crippen molar-refractivity contribution in [3.8, 4) is 28.3 Å². The van der Waals surface area contributed by atoms with Crippen LogP contribution in [0.25, 0.3) is 28.2 Å². The lowest BCUT2D eigenvalue weighted by Crippen LogP contribution is -2.41. The molecule has 0 spiro atoms. The summed E-state index contributed by atoms with van der Waals surface area (Å²) in [4.78, 5) is 30.4. The fourth-order valence-corrected chi connectivity index (χ4v) is 7.45. The number of hydrogen-bond acceptors (Lipinski definition) is 7. The number of nitrogens with zero attached hydrogens (tertiary/aromatic N) is 2. The van der Waals surface area contributed by atoms with Crippen molar-refractivity contribution >= 4 is 36.4 Å². The number of imidazole rings is 1. The number of hydrogen-bond donors (Lipinski definition) is 2. The number of carbonyl (C=O) groups is 2. The van der Waals surface area contributed by atoms with E-state index in [1.54, 1.807) is 50.2 Å². The summed E-state index contributed by atoms with van der Waals surface area (Å²) in [5.41, 5.74) is 4.08. The Bertz CT molecular complexity index is 2170. The van der Waals surface area contributed by atoms with Crippen molar-refractivity contribution < 1.29 is 27.8 Å².